The fraction of sp³-hybridized carbons (Fsp3) is 0.143. The molecular weight excluding hydrogens is 164 g/mol. The topological polar surface area (TPSA) is 47.3 Å². The molecule has 0 radical (unpaired) electrons. The van der Waals surface area contributed by atoms with E-state index in [1.54, 1.807) is 13.2 Å². The summed E-state index contributed by atoms with van der Waals surface area (Å²) >= 11 is 0. The Morgan fingerprint density at radius 3 is 2.55 bits per heavy atom. The quantitative estimate of drug-likeness (QED) is 0.530. The van der Waals surface area contributed by atoms with Crippen molar-refractivity contribution in [1.82, 2.24) is 0 Å². The van der Waals surface area contributed by atoms with Crippen LogP contribution in [0.15, 0.2) is 24.3 Å². The van der Waals surface area contributed by atoms with Gasteiger partial charge in [-0.1, -0.05) is 12.1 Å². The molecule has 1 aromatic rings. The van der Waals surface area contributed by atoms with E-state index in [1.807, 2.05) is 18.2 Å². The molecular formula is C7H11ClN2O. The monoisotopic (exact) mass is 174 g/mol. The fourth-order valence-corrected chi connectivity index (χ4v) is 0.700. The largest absolute Gasteiger partial charge is 0.397 e. The number of halogens is 1. The molecule has 1 rings (SSSR count). The lowest BCUT2D eigenvalue weighted by Crippen LogP contribution is -1.98. The lowest BCUT2D eigenvalue weighted by Gasteiger charge is -2.04. The molecule has 0 unspecified atom stereocenters. The third-order valence-corrected chi connectivity index (χ3v) is 1.17. The maximum Gasteiger partial charge on any atom is 0.0833 e. The van der Waals surface area contributed by atoms with Crippen LogP contribution in [0.2, 0.25) is 0 Å². The molecule has 0 aliphatic heterocycles. The van der Waals surface area contributed by atoms with Gasteiger partial charge >= 0.3 is 0 Å². The van der Waals surface area contributed by atoms with Crippen LogP contribution in [0.25, 0.3) is 0 Å². The summed E-state index contributed by atoms with van der Waals surface area (Å²) in [4.78, 5) is 4.68. The van der Waals surface area contributed by atoms with E-state index in [1.165, 1.54) is 0 Å². The second kappa shape index (κ2) is 4.82. The van der Waals surface area contributed by atoms with Crippen molar-refractivity contribution in [2.45, 2.75) is 0 Å². The smallest absolute Gasteiger partial charge is 0.0833 e. The zero-order chi connectivity index (χ0) is 7.40. The third kappa shape index (κ3) is 2.65. The Morgan fingerprint density at radius 1 is 1.36 bits per heavy atom. The summed E-state index contributed by atoms with van der Waals surface area (Å²) in [7, 11) is 1.55. The number of nitrogens with two attached hydrogens (primary N) is 1. The molecule has 0 fully saturated rings. The Labute approximate surface area is 71.9 Å². The summed E-state index contributed by atoms with van der Waals surface area (Å²) in [6.07, 6.45) is 0. The maximum atomic E-state index is 5.56. The van der Waals surface area contributed by atoms with Crippen LogP contribution in [0.4, 0.5) is 11.4 Å². The molecule has 0 aliphatic rings. The van der Waals surface area contributed by atoms with Gasteiger partial charge in [0.2, 0.25) is 0 Å². The van der Waals surface area contributed by atoms with Gasteiger partial charge in [-0.05, 0) is 12.1 Å². The van der Waals surface area contributed by atoms with E-state index in [9.17, 15) is 0 Å². The van der Waals surface area contributed by atoms with Crippen molar-refractivity contribution in [3.05, 3.63) is 24.3 Å². The van der Waals surface area contributed by atoms with Crippen LogP contribution in [0.3, 0.4) is 0 Å². The number of benzene rings is 1. The zero-order valence-electron chi connectivity index (χ0n) is 6.20. The van der Waals surface area contributed by atoms with Crippen molar-refractivity contribution in [2.75, 3.05) is 18.3 Å². The van der Waals surface area contributed by atoms with Gasteiger partial charge in [0.25, 0.3) is 0 Å². The van der Waals surface area contributed by atoms with Gasteiger partial charge in [-0.3, -0.25) is 10.3 Å². The number of nitrogen functional groups attached to an aromatic ring is 1. The first kappa shape index (κ1) is 10.1. The Kier molecular flexibility index (Phi) is 4.41. The van der Waals surface area contributed by atoms with Crippen molar-refractivity contribution in [3.8, 4) is 0 Å². The highest BCUT2D eigenvalue weighted by molar-refractivity contribution is 5.85. The highest BCUT2D eigenvalue weighted by Crippen LogP contribution is 2.15. The van der Waals surface area contributed by atoms with E-state index < -0.39 is 0 Å². The van der Waals surface area contributed by atoms with E-state index in [2.05, 4.69) is 10.3 Å². The van der Waals surface area contributed by atoms with Gasteiger partial charge in [0.1, 0.15) is 0 Å². The molecule has 0 atom stereocenters. The zero-order valence-corrected chi connectivity index (χ0v) is 7.02. The number of hydrogen-bond donors (Lipinski definition) is 2. The van der Waals surface area contributed by atoms with E-state index in [0.717, 1.165) is 5.69 Å². The summed E-state index contributed by atoms with van der Waals surface area (Å²) in [5.41, 5.74) is 9.70. The number of anilines is 2. The molecule has 11 heavy (non-hydrogen) atoms. The lowest BCUT2D eigenvalue weighted by molar-refractivity contribution is 0.271. The molecule has 3 nitrogen and oxygen atoms in total. The normalized spacial score (nSPS) is 8.45. The average Bonchev–Trinajstić information content (AvgIpc) is 1.94. The Hall–Kier alpha value is -0.930. The molecule has 0 saturated heterocycles. The van der Waals surface area contributed by atoms with Crippen molar-refractivity contribution < 1.29 is 4.84 Å². The molecule has 0 spiro atoms. The summed E-state index contributed by atoms with van der Waals surface area (Å²) in [5.74, 6) is 0. The van der Waals surface area contributed by atoms with Gasteiger partial charge in [-0.25, -0.2) is 0 Å². The first-order valence-electron chi connectivity index (χ1n) is 2.98. The van der Waals surface area contributed by atoms with Crippen LogP contribution in [-0.2, 0) is 4.84 Å². The van der Waals surface area contributed by atoms with Crippen LogP contribution >= 0.6 is 12.4 Å². The predicted molar refractivity (Wildman–Crippen MR) is 48.7 cm³/mol. The van der Waals surface area contributed by atoms with Gasteiger partial charge in [0.15, 0.2) is 0 Å². The Balaban J connectivity index is 0.000001000. The number of nitrogens with one attached hydrogen (secondary N) is 1. The molecule has 0 saturated carbocycles. The lowest BCUT2D eigenvalue weighted by atomic mass is 10.3. The summed E-state index contributed by atoms with van der Waals surface area (Å²) in [5, 5.41) is 0. The first-order valence-corrected chi connectivity index (χ1v) is 2.98. The van der Waals surface area contributed by atoms with E-state index in [-0.39, 0.29) is 12.4 Å². The van der Waals surface area contributed by atoms with Crippen molar-refractivity contribution >= 4 is 23.8 Å². The highest BCUT2D eigenvalue weighted by atomic mass is 35.5. The number of hydrogen-bond acceptors (Lipinski definition) is 3. The van der Waals surface area contributed by atoms with E-state index in [0.29, 0.717) is 5.69 Å². The summed E-state index contributed by atoms with van der Waals surface area (Å²) in [6.45, 7) is 0. The van der Waals surface area contributed by atoms with Crippen molar-refractivity contribution in [3.63, 3.8) is 0 Å². The molecule has 62 valence electrons. The van der Waals surface area contributed by atoms with Crippen LogP contribution in [-0.4, -0.2) is 7.11 Å². The molecule has 1 aromatic carbocycles. The van der Waals surface area contributed by atoms with Crippen LogP contribution in [0, 0.1) is 0 Å². The van der Waals surface area contributed by atoms with Crippen molar-refractivity contribution in [2.24, 2.45) is 0 Å². The molecule has 0 bridgehead atoms. The van der Waals surface area contributed by atoms with Gasteiger partial charge in [0.05, 0.1) is 18.5 Å². The Bertz CT molecular complexity index is 217. The van der Waals surface area contributed by atoms with E-state index >= 15 is 0 Å². The maximum absolute atomic E-state index is 5.56. The molecule has 0 amide bonds. The van der Waals surface area contributed by atoms with Crippen LogP contribution < -0.4 is 11.2 Å². The van der Waals surface area contributed by atoms with Crippen molar-refractivity contribution in [1.29, 1.82) is 0 Å². The minimum atomic E-state index is 0. The second-order valence-electron chi connectivity index (χ2n) is 1.89. The van der Waals surface area contributed by atoms with E-state index in [4.69, 9.17) is 5.73 Å². The van der Waals surface area contributed by atoms with Gasteiger partial charge in [-0.2, -0.15) is 0 Å². The van der Waals surface area contributed by atoms with Crippen LogP contribution in [0.1, 0.15) is 0 Å². The molecule has 4 heteroatoms. The van der Waals surface area contributed by atoms with Gasteiger partial charge in [0, 0.05) is 0 Å². The minimum absolute atomic E-state index is 0. The molecule has 3 N–H and O–H groups in total. The third-order valence-electron chi connectivity index (χ3n) is 1.17. The summed E-state index contributed by atoms with van der Waals surface area (Å²) in [6, 6.07) is 7.41. The Morgan fingerprint density at radius 2 is 2.00 bits per heavy atom. The van der Waals surface area contributed by atoms with Gasteiger partial charge < -0.3 is 5.73 Å². The molecule has 0 aromatic heterocycles. The standard InChI is InChI=1S/C7H10N2O.ClH/c1-10-9-7-5-3-2-4-6(7)8;/h2-5,9H,8H2,1H3;1H. The molecule has 0 heterocycles. The second-order valence-corrected chi connectivity index (χ2v) is 1.89. The van der Waals surface area contributed by atoms with Gasteiger partial charge in [-0.15, -0.1) is 12.4 Å². The summed E-state index contributed by atoms with van der Waals surface area (Å²) < 4.78 is 0. The number of para-hydroxylation sites is 2. The SMILES string of the molecule is CONc1ccccc1N.Cl. The molecule has 0 aliphatic carbocycles. The minimum Gasteiger partial charge on any atom is -0.397 e. The predicted octanol–water partition coefficient (Wildman–Crippen LogP) is 1.66. The van der Waals surface area contributed by atoms with Crippen LogP contribution in [0.5, 0.6) is 0 Å². The average molecular weight is 175 g/mol. The highest BCUT2D eigenvalue weighted by Gasteiger charge is 1.92. The number of rotatable bonds is 2. The fourth-order valence-electron chi connectivity index (χ4n) is 0.700. The first-order chi connectivity index (χ1) is 4.84.